The van der Waals surface area contributed by atoms with E-state index in [0.29, 0.717) is 0 Å². The molecule has 1 nitrogen and oxygen atoms in total. The van der Waals surface area contributed by atoms with Gasteiger partial charge in [-0.2, -0.15) is 0 Å². The van der Waals surface area contributed by atoms with Crippen LogP contribution in [0.25, 0.3) is 44.5 Å². The molecule has 0 heterocycles. The lowest BCUT2D eigenvalue weighted by atomic mass is 9.78. The van der Waals surface area contributed by atoms with Crippen LogP contribution in [0, 0.1) is 0 Å². The standard InChI is InChI=1S/C48H39N/c1-47(2)42-24-13-11-21-38(42)39-28-26-34(30-43(39)47)49(45-25-14-12-20-36(45)32-16-7-5-8-17-32)35-27-29-40-41-23-15-22-37(33-18-9-6-10-19-33)46(41)48(3,4)44(40)31-35/h5-31H,1-4H3. The Hall–Kier alpha value is -5.66. The summed E-state index contributed by atoms with van der Waals surface area (Å²) in [7, 11) is 0. The van der Waals surface area contributed by atoms with Crippen LogP contribution in [0.15, 0.2) is 164 Å². The van der Waals surface area contributed by atoms with Gasteiger partial charge in [0.2, 0.25) is 0 Å². The third kappa shape index (κ3) is 4.46. The van der Waals surface area contributed by atoms with Crippen molar-refractivity contribution in [1.29, 1.82) is 0 Å². The first-order valence-electron chi connectivity index (χ1n) is 17.4. The van der Waals surface area contributed by atoms with Gasteiger partial charge in [0.25, 0.3) is 0 Å². The highest BCUT2D eigenvalue weighted by Crippen LogP contribution is 2.55. The zero-order valence-electron chi connectivity index (χ0n) is 28.5. The van der Waals surface area contributed by atoms with Gasteiger partial charge in [0.05, 0.1) is 5.69 Å². The van der Waals surface area contributed by atoms with Crippen molar-refractivity contribution in [3.8, 4) is 44.5 Å². The van der Waals surface area contributed by atoms with E-state index < -0.39 is 0 Å². The Kier molecular flexibility index (Phi) is 6.58. The lowest BCUT2D eigenvalue weighted by molar-refractivity contribution is 0.660. The summed E-state index contributed by atoms with van der Waals surface area (Å²) in [6.07, 6.45) is 0. The Bertz CT molecular complexity index is 2380. The highest BCUT2D eigenvalue weighted by atomic mass is 15.1. The maximum Gasteiger partial charge on any atom is 0.0540 e. The summed E-state index contributed by atoms with van der Waals surface area (Å²) < 4.78 is 0. The van der Waals surface area contributed by atoms with E-state index in [2.05, 4.69) is 196 Å². The molecule has 0 amide bonds. The molecule has 0 aromatic heterocycles. The zero-order chi connectivity index (χ0) is 33.3. The predicted molar refractivity (Wildman–Crippen MR) is 207 cm³/mol. The van der Waals surface area contributed by atoms with Crippen molar-refractivity contribution in [3.63, 3.8) is 0 Å². The van der Waals surface area contributed by atoms with Crippen molar-refractivity contribution in [2.45, 2.75) is 38.5 Å². The first kappa shape index (κ1) is 29.5. The predicted octanol–water partition coefficient (Wildman–Crippen LogP) is 13.1. The molecule has 0 fully saturated rings. The van der Waals surface area contributed by atoms with Crippen molar-refractivity contribution >= 4 is 17.1 Å². The number of hydrogen-bond donors (Lipinski definition) is 0. The summed E-state index contributed by atoms with van der Waals surface area (Å²) in [5, 5.41) is 0. The van der Waals surface area contributed by atoms with Gasteiger partial charge in [-0.3, -0.25) is 0 Å². The molecule has 0 bridgehead atoms. The van der Waals surface area contributed by atoms with E-state index in [9.17, 15) is 0 Å². The highest BCUT2D eigenvalue weighted by molar-refractivity contribution is 5.93. The van der Waals surface area contributed by atoms with Crippen LogP contribution in [0.4, 0.5) is 17.1 Å². The molecule has 0 saturated heterocycles. The molecular formula is C48H39N. The van der Waals surface area contributed by atoms with E-state index in [1.54, 1.807) is 0 Å². The van der Waals surface area contributed by atoms with Gasteiger partial charge in [-0.1, -0.05) is 161 Å². The van der Waals surface area contributed by atoms with E-state index in [1.807, 2.05) is 0 Å². The molecule has 0 N–H and O–H groups in total. The molecule has 49 heavy (non-hydrogen) atoms. The second-order valence-electron chi connectivity index (χ2n) is 14.6. The van der Waals surface area contributed by atoms with Crippen molar-refractivity contribution in [1.82, 2.24) is 0 Å². The van der Waals surface area contributed by atoms with Gasteiger partial charge in [-0.05, 0) is 91.5 Å². The number of anilines is 3. The minimum absolute atomic E-state index is 0.0953. The molecule has 0 unspecified atom stereocenters. The lowest BCUT2D eigenvalue weighted by Gasteiger charge is -2.31. The van der Waals surface area contributed by atoms with E-state index in [0.717, 1.165) is 5.69 Å². The van der Waals surface area contributed by atoms with Crippen LogP contribution < -0.4 is 4.90 Å². The normalized spacial score (nSPS) is 14.4. The Morgan fingerprint density at radius 1 is 0.347 bits per heavy atom. The lowest BCUT2D eigenvalue weighted by Crippen LogP contribution is -2.18. The molecule has 7 aromatic rings. The van der Waals surface area contributed by atoms with Gasteiger partial charge in [-0.25, -0.2) is 0 Å². The number of hydrogen-bond acceptors (Lipinski definition) is 1. The summed E-state index contributed by atoms with van der Waals surface area (Å²) in [6.45, 7) is 9.52. The van der Waals surface area contributed by atoms with E-state index in [-0.39, 0.29) is 10.8 Å². The maximum absolute atomic E-state index is 2.49. The van der Waals surface area contributed by atoms with E-state index in [1.165, 1.54) is 78.1 Å². The first-order valence-corrected chi connectivity index (χ1v) is 17.4. The third-order valence-corrected chi connectivity index (χ3v) is 11.1. The summed E-state index contributed by atoms with van der Waals surface area (Å²) >= 11 is 0. The van der Waals surface area contributed by atoms with Crippen LogP contribution in [0.2, 0.25) is 0 Å². The molecule has 2 aliphatic carbocycles. The molecular weight excluding hydrogens is 591 g/mol. The van der Waals surface area contributed by atoms with Gasteiger partial charge in [-0.15, -0.1) is 0 Å². The number of rotatable bonds is 5. The second-order valence-corrected chi connectivity index (χ2v) is 14.6. The van der Waals surface area contributed by atoms with Gasteiger partial charge < -0.3 is 4.90 Å². The number of benzene rings is 7. The minimum atomic E-state index is -0.181. The number of para-hydroxylation sites is 1. The molecule has 0 aliphatic heterocycles. The third-order valence-electron chi connectivity index (χ3n) is 11.1. The Morgan fingerprint density at radius 2 is 0.816 bits per heavy atom. The molecule has 1 heteroatoms. The van der Waals surface area contributed by atoms with Crippen LogP contribution in [0.5, 0.6) is 0 Å². The summed E-state index contributed by atoms with van der Waals surface area (Å²) in [5.41, 5.74) is 19.1. The Morgan fingerprint density at radius 3 is 1.49 bits per heavy atom. The SMILES string of the molecule is CC1(C)c2ccccc2-c2ccc(N(c3ccc4c(c3)C(C)(C)c3c(-c5ccccc5)cccc3-4)c3ccccc3-c3ccccc3)cc21. The fourth-order valence-electron chi connectivity index (χ4n) is 8.66. The van der Waals surface area contributed by atoms with Crippen LogP contribution in [0.1, 0.15) is 49.9 Å². The monoisotopic (exact) mass is 629 g/mol. The summed E-state index contributed by atoms with van der Waals surface area (Å²) in [4.78, 5) is 2.49. The molecule has 236 valence electrons. The smallest absolute Gasteiger partial charge is 0.0540 e. The largest absolute Gasteiger partial charge is 0.310 e. The number of nitrogens with zero attached hydrogens (tertiary/aromatic N) is 1. The molecule has 0 radical (unpaired) electrons. The topological polar surface area (TPSA) is 3.24 Å². The van der Waals surface area contributed by atoms with E-state index in [4.69, 9.17) is 0 Å². The molecule has 9 rings (SSSR count). The highest BCUT2D eigenvalue weighted by Gasteiger charge is 2.39. The summed E-state index contributed by atoms with van der Waals surface area (Å²) in [5.74, 6) is 0. The molecule has 0 saturated carbocycles. The van der Waals surface area contributed by atoms with Crippen LogP contribution in [0.3, 0.4) is 0 Å². The van der Waals surface area contributed by atoms with Crippen LogP contribution in [-0.4, -0.2) is 0 Å². The quantitative estimate of drug-likeness (QED) is 0.183. The zero-order valence-corrected chi connectivity index (χ0v) is 28.5. The minimum Gasteiger partial charge on any atom is -0.310 e. The fourth-order valence-corrected chi connectivity index (χ4v) is 8.66. The molecule has 0 spiro atoms. The van der Waals surface area contributed by atoms with Crippen molar-refractivity contribution in [3.05, 3.63) is 186 Å². The second kappa shape index (κ2) is 10.9. The molecule has 0 atom stereocenters. The average molecular weight is 630 g/mol. The van der Waals surface area contributed by atoms with Gasteiger partial charge in [0, 0.05) is 27.8 Å². The number of fused-ring (bicyclic) bond motifs is 6. The van der Waals surface area contributed by atoms with Crippen molar-refractivity contribution < 1.29 is 0 Å². The van der Waals surface area contributed by atoms with Gasteiger partial charge in [0.1, 0.15) is 0 Å². The summed E-state index contributed by atoms with van der Waals surface area (Å²) in [6, 6.07) is 60.4. The molecule has 2 aliphatic rings. The van der Waals surface area contributed by atoms with Gasteiger partial charge in [0.15, 0.2) is 0 Å². The molecule has 7 aromatic carbocycles. The Balaban J connectivity index is 1.26. The van der Waals surface area contributed by atoms with Gasteiger partial charge >= 0.3 is 0 Å². The van der Waals surface area contributed by atoms with Crippen molar-refractivity contribution in [2.75, 3.05) is 4.90 Å². The van der Waals surface area contributed by atoms with Crippen LogP contribution >= 0.6 is 0 Å². The average Bonchev–Trinajstić information content (AvgIpc) is 3.52. The Labute approximate surface area is 290 Å². The van der Waals surface area contributed by atoms with Crippen molar-refractivity contribution in [2.24, 2.45) is 0 Å². The first-order chi connectivity index (χ1) is 23.8. The maximum atomic E-state index is 2.49. The fraction of sp³-hybridized carbons (Fsp3) is 0.125. The van der Waals surface area contributed by atoms with E-state index >= 15 is 0 Å². The van der Waals surface area contributed by atoms with Crippen LogP contribution in [-0.2, 0) is 10.8 Å².